The normalized spacial score (nSPS) is 12.6. The van der Waals surface area contributed by atoms with Crippen LogP contribution in [0.2, 0.25) is 0 Å². The predicted octanol–water partition coefficient (Wildman–Crippen LogP) is 21.4. The number of amides is 1. The number of esters is 1. The summed E-state index contributed by atoms with van der Waals surface area (Å²) >= 11 is 0. The van der Waals surface area contributed by atoms with Gasteiger partial charge in [-0.3, -0.25) is 9.59 Å². The van der Waals surface area contributed by atoms with Crippen LogP contribution in [0.25, 0.3) is 0 Å². The quantitative estimate of drug-likeness (QED) is 0.0320. The Morgan fingerprint density at radius 2 is 0.635 bits per heavy atom. The van der Waals surface area contributed by atoms with E-state index in [-0.39, 0.29) is 18.5 Å². The van der Waals surface area contributed by atoms with Crippen LogP contribution in [-0.4, -0.2) is 47.4 Å². The largest absolute Gasteiger partial charge is 0.466 e. The van der Waals surface area contributed by atoms with Crippen molar-refractivity contribution in [1.82, 2.24) is 5.32 Å². The van der Waals surface area contributed by atoms with Gasteiger partial charge in [-0.25, -0.2) is 0 Å². The zero-order valence-electron chi connectivity index (χ0n) is 50.1. The van der Waals surface area contributed by atoms with Crippen LogP contribution in [-0.2, 0) is 14.3 Å². The van der Waals surface area contributed by atoms with Crippen LogP contribution in [0.15, 0.2) is 24.3 Å². The third-order valence-corrected chi connectivity index (χ3v) is 15.7. The number of aliphatic hydroxyl groups excluding tert-OH is 2. The number of hydrogen-bond acceptors (Lipinski definition) is 5. The Morgan fingerprint density at radius 1 is 0.365 bits per heavy atom. The number of ether oxygens (including phenoxy) is 1. The predicted molar refractivity (Wildman–Crippen MR) is 324 cm³/mol. The molecule has 1 amide bonds. The lowest BCUT2D eigenvalue weighted by Gasteiger charge is -2.20. The average molecular weight is 1040 g/mol. The maximum atomic E-state index is 12.5. The summed E-state index contributed by atoms with van der Waals surface area (Å²) in [7, 11) is 0. The number of rotatable bonds is 63. The van der Waals surface area contributed by atoms with Crippen LogP contribution < -0.4 is 5.32 Å². The monoisotopic (exact) mass is 1040 g/mol. The number of hydrogen-bond donors (Lipinski definition) is 3. The highest BCUT2D eigenvalue weighted by molar-refractivity contribution is 5.76. The standard InChI is InChI=1S/C68H131NO5/c1-3-5-7-9-11-13-15-17-19-20-21-22-23-24-26-29-33-36-40-44-48-52-56-60-66(71)65(64-70)69-67(72)61-57-53-49-45-41-37-34-30-27-25-28-31-35-39-43-47-51-55-59-63-74-68(73)62-58-54-50-46-42-38-32-18-16-14-12-10-8-6-4-2/h25,27,56,60,65-66,70-71H,3-24,26,28-55,57-59,61-64H2,1-2H3,(H,69,72)/b27-25-,60-56+. The molecular weight excluding hydrogens is 911 g/mol. The van der Waals surface area contributed by atoms with Crippen molar-refractivity contribution < 1.29 is 24.5 Å². The molecule has 3 N–H and O–H groups in total. The number of allylic oxidation sites excluding steroid dienone is 3. The van der Waals surface area contributed by atoms with Crippen molar-refractivity contribution in [3.05, 3.63) is 24.3 Å². The Balaban J connectivity index is 3.46. The maximum absolute atomic E-state index is 12.5. The van der Waals surface area contributed by atoms with Crippen molar-refractivity contribution in [3.8, 4) is 0 Å². The molecule has 0 aromatic heterocycles. The van der Waals surface area contributed by atoms with E-state index in [1.165, 1.54) is 302 Å². The molecule has 0 saturated carbocycles. The Kier molecular flexibility index (Phi) is 62.4. The van der Waals surface area contributed by atoms with Gasteiger partial charge < -0.3 is 20.3 Å². The van der Waals surface area contributed by atoms with Gasteiger partial charge >= 0.3 is 5.97 Å². The molecule has 6 nitrogen and oxygen atoms in total. The molecule has 0 spiro atoms. The van der Waals surface area contributed by atoms with Crippen LogP contribution in [0.5, 0.6) is 0 Å². The second-order valence-corrected chi connectivity index (χ2v) is 23.2. The van der Waals surface area contributed by atoms with Crippen molar-refractivity contribution in [1.29, 1.82) is 0 Å². The summed E-state index contributed by atoms with van der Waals surface area (Å²) in [6.07, 6.45) is 79.5. The second-order valence-electron chi connectivity index (χ2n) is 23.2. The van der Waals surface area contributed by atoms with Crippen LogP contribution >= 0.6 is 0 Å². The van der Waals surface area contributed by atoms with Crippen LogP contribution in [0.4, 0.5) is 0 Å². The Morgan fingerprint density at radius 3 is 0.959 bits per heavy atom. The van der Waals surface area contributed by atoms with E-state index >= 15 is 0 Å². The third-order valence-electron chi connectivity index (χ3n) is 15.7. The zero-order chi connectivity index (χ0) is 53.6. The van der Waals surface area contributed by atoms with Gasteiger partial charge in [-0.15, -0.1) is 0 Å². The molecule has 74 heavy (non-hydrogen) atoms. The van der Waals surface area contributed by atoms with E-state index in [0.29, 0.717) is 19.4 Å². The SMILES string of the molecule is CCCCCCCCCCCCCCCCCCCCCCC/C=C/C(O)C(CO)NC(=O)CCCCCCCCC/C=C\CCCCCCCCCCOC(=O)CCCCCCCCCCCCCCCCC. The Hall–Kier alpha value is -1.66. The van der Waals surface area contributed by atoms with E-state index in [9.17, 15) is 19.8 Å². The highest BCUT2D eigenvalue weighted by Gasteiger charge is 2.18. The molecule has 0 aliphatic carbocycles. The molecule has 0 radical (unpaired) electrons. The average Bonchev–Trinajstić information content (AvgIpc) is 3.40. The van der Waals surface area contributed by atoms with Crippen molar-refractivity contribution in [2.24, 2.45) is 0 Å². The first kappa shape index (κ1) is 72.3. The molecule has 0 heterocycles. The van der Waals surface area contributed by atoms with E-state index in [4.69, 9.17) is 4.74 Å². The third kappa shape index (κ3) is 59.6. The van der Waals surface area contributed by atoms with E-state index in [0.717, 1.165) is 44.9 Å². The van der Waals surface area contributed by atoms with E-state index < -0.39 is 12.1 Å². The first-order valence-corrected chi connectivity index (χ1v) is 33.6. The van der Waals surface area contributed by atoms with E-state index in [2.05, 4.69) is 31.3 Å². The van der Waals surface area contributed by atoms with E-state index in [1.807, 2.05) is 6.08 Å². The summed E-state index contributed by atoms with van der Waals surface area (Å²) in [6, 6.07) is -0.636. The summed E-state index contributed by atoms with van der Waals surface area (Å²) in [4.78, 5) is 24.6. The van der Waals surface area contributed by atoms with Crippen molar-refractivity contribution in [2.45, 2.75) is 386 Å². The van der Waals surface area contributed by atoms with E-state index in [1.54, 1.807) is 6.08 Å². The van der Waals surface area contributed by atoms with Gasteiger partial charge in [0.15, 0.2) is 0 Å². The minimum absolute atomic E-state index is 0.00689. The van der Waals surface area contributed by atoms with Gasteiger partial charge in [-0.2, -0.15) is 0 Å². The van der Waals surface area contributed by atoms with Gasteiger partial charge in [-0.05, 0) is 57.8 Å². The van der Waals surface area contributed by atoms with Crippen LogP contribution in [0, 0.1) is 0 Å². The summed E-state index contributed by atoms with van der Waals surface area (Å²) in [5.74, 6) is -0.0668. The lowest BCUT2D eigenvalue weighted by molar-refractivity contribution is -0.143. The van der Waals surface area contributed by atoms with Gasteiger partial charge in [0.25, 0.3) is 0 Å². The molecule has 0 saturated heterocycles. The molecule has 0 aliphatic heterocycles. The highest BCUT2D eigenvalue weighted by atomic mass is 16.5. The highest BCUT2D eigenvalue weighted by Crippen LogP contribution is 2.18. The molecule has 0 rings (SSSR count). The van der Waals surface area contributed by atoms with Crippen molar-refractivity contribution in [2.75, 3.05) is 13.2 Å². The van der Waals surface area contributed by atoms with Gasteiger partial charge in [0, 0.05) is 12.8 Å². The summed E-state index contributed by atoms with van der Waals surface area (Å²) in [5, 5.41) is 23.2. The minimum Gasteiger partial charge on any atom is -0.466 e. The molecule has 0 aromatic carbocycles. The molecule has 438 valence electrons. The number of carbonyl (C=O) groups excluding carboxylic acids is 2. The minimum atomic E-state index is -0.852. The van der Waals surface area contributed by atoms with Crippen LogP contribution in [0.1, 0.15) is 373 Å². The molecule has 2 atom stereocenters. The molecular formula is C68H131NO5. The number of nitrogens with one attached hydrogen (secondary N) is 1. The first-order chi connectivity index (χ1) is 36.5. The smallest absolute Gasteiger partial charge is 0.305 e. The fraction of sp³-hybridized carbons (Fsp3) is 0.912. The number of carbonyl (C=O) groups is 2. The Bertz CT molecular complexity index is 1150. The van der Waals surface area contributed by atoms with Gasteiger partial charge in [0.2, 0.25) is 5.91 Å². The number of aliphatic hydroxyl groups is 2. The summed E-state index contributed by atoms with van der Waals surface area (Å²) < 4.78 is 5.49. The van der Waals surface area contributed by atoms with Gasteiger partial charge in [0.05, 0.1) is 25.4 Å². The molecule has 2 unspecified atom stereocenters. The van der Waals surface area contributed by atoms with Crippen molar-refractivity contribution in [3.63, 3.8) is 0 Å². The number of unbranched alkanes of at least 4 members (excludes halogenated alkanes) is 50. The Labute approximate surface area is 462 Å². The lowest BCUT2D eigenvalue weighted by Crippen LogP contribution is -2.45. The van der Waals surface area contributed by atoms with Crippen LogP contribution in [0.3, 0.4) is 0 Å². The fourth-order valence-electron chi connectivity index (χ4n) is 10.6. The summed E-state index contributed by atoms with van der Waals surface area (Å²) in [5.41, 5.74) is 0. The molecule has 0 aromatic rings. The topological polar surface area (TPSA) is 95.9 Å². The summed E-state index contributed by atoms with van der Waals surface area (Å²) in [6.45, 7) is 4.93. The molecule has 6 heteroatoms. The molecule has 0 bridgehead atoms. The molecule has 0 aliphatic rings. The van der Waals surface area contributed by atoms with Gasteiger partial charge in [0.1, 0.15) is 0 Å². The second kappa shape index (κ2) is 63.9. The first-order valence-electron chi connectivity index (χ1n) is 33.6. The lowest BCUT2D eigenvalue weighted by atomic mass is 10.0. The van der Waals surface area contributed by atoms with Gasteiger partial charge in [-0.1, -0.05) is 327 Å². The zero-order valence-corrected chi connectivity index (χ0v) is 50.1. The maximum Gasteiger partial charge on any atom is 0.305 e. The van der Waals surface area contributed by atoms with Crippen molar-refractivity contribution >= 4 is 11.9 Å². The molecule has 0 fully saturated rings. The fourth-order valence-corrected chi connectivity index (χ4v) is 10.6.